The van der Waals surface area contributed by atoms with Gasteiger partial charge in [0.05, 0.1) is 18.2 Å². The lowest BCUT2D eigenvalue weighted by molar-refractivity contribution is 0.156. The van der Waals surface area contributed by atoms with Crippen LogP contribution in [0.3, 0.4) is 0 Å². The van der Waals surface area contributed by atoms with Crippen molar-refractivity contribution < 1.29 is 9.13 Å². The predicted molar refractivity (Wildman–Crippen MR) is 68.9 cm³/mol. The highest BCUT2D eigenvalue weighted by atomic mass is 19.1. The molecular formula is C12H16FN5O. The standard InChI is InChI=1S/C12H16FN5O/c1-7-4-9(14)5-10(11(7)13)12-15-16-17-18(12)8(2)6-19-3/h4-5,8H,6,14H2,1-3H3. The van der Waals surface area contributed by atoms with Crippen molar-refractivity contribution in [1.82, 2.24) is 20.2 Å². The Kier molecular flexibility index (Phi) is 3.75. The number of tetrazole rings is 1. The first-order chi connectivity index (χ1) is 9.04. The van der Waals surface area contributed by atoms with Crippen molar-refractivity contribution >= 4 is 5.69 Å². The average molecular weight is 265 g/mol. The number of methoxy groups -OCH3 is 1. The molecule has 0 amide bonds. The molecule has 0 radical (unpaired) electrons. The van der Waals surface area contributed by atoms with Crippen LogP contribution in [0.15, 0.2) is 12.1 Å². The summed E-state index contributed by atoms with van der Waals surface area (Å²) in [6, 6.07) is 3.01. The maximum atomic E-state index is 14.2. The van der Waals surface area contributed by atoms with Gasteiger partial charge in [-0.2, -0.15) is 0 Å². The average Bonchev–Trinajstić information content (AvgIpc) is 2.83. The van der Waals surface area contributed by atoms with Crippen LogP contribution in [0.1, 0.15) is 18.5 Å². The highest BCUT2D eigenvalue weighted by Crippen LogP contribution is 2.27. The van der Waals surface area contributed by atoms with Gasteiger partial charge in [0.25, 0.3) is 0 Å². The molecule has 1 atom stereocenters. The number of aromatic nitrogens is 4. The van der Waals surface area contributed by atoms with E-state index >= 15 is 0 Å². The largest absolute Gasteiger partial charge is 0.399 e. The van der Waals surface area contributed by atoms with E-state index in [1.165, 1.54) is 10.7 Å². The number of hydrogen-bond donors (Lipinski definition) is 1. The van der Waals surface area contributed by atoms with Crippen molar-refractivity contribution in [2.75, 3.05) is 19.5 Å². The number of nitrogens with zero attached hydrogens (tertiary/aromatic N) is 4. The van der Waals surface area contributed by atoms with Crippen LogP contribution >= 0.6 is 0 Å². The van der Waals surface area contributed by atoms with Gasteiger partial charge in [-0.15, -0.1) is 5.10 Å². The van der Waals surface area contributed by atoms with E-state index in [0.29, 0.717) is 29.2 Å². The Labute approximate surface area is 110 Å². The van der Waals surface area contributed by atoms with Crippen LogP contribution in [0, 0.1) is 12.7 Å². The number of anilines is 1. The van der Waals surface area contributed by atoms with Crippen LogP contribution in [0.4, 0.5) is 10.1 Å². The van der Waals surface area contributed by atoms with Gasteiger partial charge in [-0.3, -0.25) is 0 Å². The molecule has 19 heavy (non-hydrogen) atoms. The van der Waals surface area contributed by atoms with E-state index < -0.39 is 0 Å². The molecule has 0 aliphatic heterocycles. The fourth-order valence-electron chi connectivity index (χ4n) is 1.94. The van der Waals surface area contributed by atoms with E-state index in [1.807, 2.05) is 6.92 Å². The number of rotatable bonds is 4. The zero-order valence-electron chi connectivity index (χ0n) is 11.1. The third kappa shape index (κ3) is 2.55. The highest BCUT2D eigenvalue weighted by Gasteiger charge is 2.19. The molecular weight excluding hydrogens is 249 g/mol. The van der Waals surface area contributed by atoms with Gasteiger partial charge in [-0.05, 0) is 42.0 Å². The Bertz CT molecular complexity index is 583. The van der Waals surface area contributed by atoms with Gasteiger partial charge in [-0.1, -0.05) is 0 Å². The fraction of sp³-hybridized carbons (Fsp3) is 0.417. The van der Waals surface area contributed by atoms with Crippen LogP contribution in [0.2, 0.25) is 0 Å². The summed E-state index contributed by atoms with van der Waals surface area (Å²) >= 11 is 0. The molecule has 0 aliphatic rings. The maximum Gasteiger partial charge on any atom is 0.185 e. The number of halogens is 1. The minimum Gasteiger partial charge on any atom is -0.399 e. The van der Waals surface area contributed by atoms with Crippen molar-refractivity contribution in [3.8, 4) is 11.4 Å². The van der Waals surface area contributed by atoms with Crippen molar-refractivity contribution in [2.45, 2.75) is 19.9 Å². The predicted octanol–water partition coefficient (Wildman–Crippen LogP) is 1.58. The lowest BCUT2D eigenvalue weighted by atomic mass is 10.1. The van der Waals surface area contributed by atoms with Crippen LogP contribution < -0.4 is 5.73 Å². The lowest BCUT2D eigenvalue weighted by Gasteiger charge is -2.13. The lowest BCUT2D eigenvalue weighted by Crippen LogP contribution is -2.14. The van der Waals surface area contributed by atoms with Crippen LogP contribution in [-0.4, -0.2) is 33.9 Å². The number of nitrogens with two attached hydrogens (primary N) is 1. The summed E-state index contributed by atoms with van der Waals surface area (Å²) in [7, 11) is 1.59. The van der Waals surface area contributed by atoms with Crippen molar-refractivity contribution in [3.63, 3.8) is 0 Å². The van der Waals surface area contributed by atoms with E-state index in [-0.39, 0.29) is 11.9 Å². The highest BCUT2D eigenvalue weighted by molar-refractivity contribution is 5.63. The first-order valence-electron chi connectivity index (χ1n) is 5.87. The Balaban J connectivity index is 2.51. The number of benzene rings is 1. The van der Waals surface area contributed by atoms with Gasteiger partial charge in [-0.25, -0.2) is 9.07 Å². The van der Waals surface area contributed by atoms with E-state index in [2.05, 4.69) is 15.5 Å². The van der Waals surface area contributed by atoms with E-state index in [4.69, 9.17) is 10.5 Å². The van der Waals surface area contributed by atoms with Gasteiger partial charge < -0.3 is 10.5 Å². The van der Waals surface area contributed by atoms with Gasteiger partial charge in [0, 0.05) is 12.8 Å². The Morgan fingerprint density at radius 2 is 2.21 bits per heavy atom. The van der Waals surface area contributed by atoms with E-state index in [0.717, 1.165) is 0 Å². The summed E-state index contributed by atoms with van der Waals surface area (Å²) in [6.07, 6.45) is 0. The van der Waals surface area contributed by atoms with Crippen LogP contribution in [-0.2, 0) is 4.74 Å². The monoisotopic (exact) mass is 265 g/mol. The molecule has 0 saturated carbocycles. The van der Waals surface area contributed by atoms with Gasteiger partial charge in [0.2, 0.25) is 0 Å². The van der Waals surface area contributed by atoms with Crippen LogP contribution in [0.5, 0.6) is 0 Å². The summed E-state index contributed by atoms with van der Waals surface area (Å²) < 4.78 is 20.8. The summed E-state index contributed by atoms with van der Waals surface area (Å²) in [5.74, 6) is -0.0210. The number of aryl methyl sites for hydroxylation is 1. The van der Waals surface area contributed by atoms with Gasteiger partial charge >= 0.3 is 0 Å². The second-order valence-electron chi connectivity index (χ2n) is 4.45. The van der Waals surface area contributed by atoms with E-state index in [1.54, 1.807) is 20.1 Å². The maximum absolute atomic E-state index is 14.2. The minimum absolute atomic E-state index is 0.101. The number of nitrogen functional groups attached to an aromatic ring is 1. The molecule has 2 rings (SSSR count). The molecule has 7 heteroatoms. The molecule has 2 N–H and O–H groups in total. The molecule has 1 unspecified atom stereocenters. The first-order valence-corrected chi connectivity index (χ1v) is 5.87. The third-order valence-electron chi connectivity index (χ3n) is 2.84. The molecule has 0 saturated heterocycles. The minimum atomic E-state index is -0.366. The second kappa shape index (κ2) is 5.31. The smallest absolute Gasteiger partial charge is 0.185 e. The molecule has 1 heterocycles. The normalized spacial score (nSPS) is 12.6. The molecule has 0 aliphatic carbocycles. The SMILES string of the molecule is COCC(C)n1nnnc1-c1cc(N)cc(C)c1F. The quantitative estimate of drug-likeness (QED) is 0.849. The zero-order chi connectivity index (χ0) is 14.0. The molecule has 2 aromatic rings. The molecule has 102 valence electrons. The third-order valence-corrected chi connectivity index (χ3v) is 2.84. The fourth-order valence-corrected chi connectivity index (χ4v) is 1.94. The summed E-state index contributed by atoms with van der Waals surface area (Å²) in [5, 5.41) is 11.4. The molecule has 0 fully saturated rings. The zero-order valence-corrected chi connectivity index (χ0v) is 11.1. The summed E-state index contributed by atoms with van der Waals surface area (Å²) in [4.78, 5) is 0. The van der Waals surface area contributed by atoms with Crippen molar-refractivity contribution in [3.05, 3.63) is 23.5 Å². The van der Waals surface area contributed by atoms with Crippen LogP contribution in [0.25, 0.3) is 11.4 Å². The van der Waals surface area contributed by atoms with Gasteiger partial charge in [0.1, 0.15) is 5.82 Å². The van der Waals surface area contributed by atoms with Gasteiger partial charge in [0.15, 0.2) is 5.82 Å². The topological polar surface area (TPSA) is 78.8 Å². The molecule has 1 aromatic carbocycles. The Hall–Kier alpha value is -2.02. The molecule has 0 spiro atoms. The summed E-state index contributed by atoms with van der Waals surface area (Å²) in [5.41, 5.74) is 6.98. The Morgan fingerprint density at radius 1 is 1.47 bits per heavy atom. The van der Waals surface area contributed by atoms with E-state index in [9.17, 15) is 4.39 Å². The van der Waals surface area contributed by atoms with Crippen molar-refractivity contribution in [1.29, 1.82) is 0 Å². The Morgan fingerprint density at radius 3 is 2.89 bits per heavy atom. The molecule has 1 aromatic heterocycles. The number of hydrogen-bond acceptors (Lipinski definition) is 5. The summed E-state index contributed by atoms with van der Waals surface area (Å²) in [6.45, 7) is 3.98. The molecule has 6 nitrogen and oxygen atoms in total. The van der Waals surface area contributed by atoms with Crippen molar-refractivity contribution in [2.24, 2.45) is 0 Å². The number of ether oxygens (including phenoxy) is 1. The molecule has 0 bridgehead atoms. The second-order valence-corrected chi connectivity index (χ2v) is 4.45. The first kappa shape index (κ1) is 13.4.